The fourth-order valence-corrected chi connectivity index (χ4v) is 3.57. The largest absolute Gasteiger partial charge is 0.310 e. The Bertz CT molecular complexity index is 652. The molecular formula is C14H19N3O2S2. The molecular weight excluding hydrogens is 306 g/mol. The van der Waals surface area contributed by atoms with E-state index in [1.54, 1.807) is 23.8 Å². The summed E-state index contributed by atoms with van der Waals surface area (Å²) in [6, 6.07) is 7.16. The summed E-state index contributed by atoms with van der Waals surface area (Å²) in [5, 5.41) is 3.29. The third-order valence-electron chi connectivity index (χ3n) is 3.12. The SMILES string of the molecule is CCNC(C)c1ccc(S(=O)(=O)NCc2cncs2)cc1. The Labute approximate surface area is 129 Å². The Morgan fingerprint density at radius 2 is 2.00 bits per heavy atom. The molecule has 21 heavy (non-hydrogen) atoms. The molecule has 0 fully saturated rings. The van der Waals surface area contributed by atoms with Gasteiger partial charge in [0.2, 0.25) is 10.0 Å². The van der Waals surface area contributed by atoms with Crippen molar-refractivity contribution in [3.05, 3.63) is 46.4 Å². The molecule has 0 aliphatic carbocycles. The minimum absolute atomic E-state index is 0.205. The highest BCUT2D eigenvalue weighted by Crippen LogP contribution is 2.16. The van der Waals surface area contributed by atoms with Gasteiger partial charge in [0.25, 0.3) is 0 Å². The molecule has 0 bridgehead atoms. The standard InChI is InChI=1S/C14H19N3O2S2/c1-3-16-11(2)12-4-6-14(7-5-12)21(18,19)17-9-13-8-15-10-20-13/h4-8,10-11,16-17H,3,9H2,1-2H3. The molecule has 1 atom stereocenters. The Balaban J connectivity index is 2.06. The second-order valence-corrected chi connectivity index (χ2v) is 7.38. The Morgan fingerprint density at radius 1 is 1.29 bits per heavy atom. The number of sulfonamides is 1. The lowest BCUT2D eigenvalue weighted by molar-refractivity contribution is 0.580. The maximum Gasteiger partial charge on any atom is 0.240 e. The lowest BCUT2D eigenvalue weighted by Crippen LogP contribution is -2.23. The third-order valence-corrected chi connectivity index (χ3v) is 5.32. The molecule has 0 saturated heterocycles. The summed E-state index contributed by atoms with van der Waals surface area (Å²) in [6.45, 7) is 5.23. The second kappa shape index (κ2) is 7.13. The zero-order valence-electron chi connectivity index (χ0n) is 12.0. The lowest BCUT2D eigenvalue weighted by atomic mass is 10.1. The van der Waals surface area contributed by atoms with Gasteiger partial charge in [0.05, 0.1) is 10.4 Å². The van der Waals surface area contributed by atoms with Gasteiger partial charge >= 0.3 is 0 Å². The van der Waals surface area contributed by atoms with Crippen LogP contribution in [0.4, 0.5) is 0 Å². The van der Waals surface area contributed by atoms with Gasteiger partial charge in [-0.05, 0) is 31.2 Å². The Morgan fingerprint density at radius 3 is 2.57 bits per heavy atom. The Hall–Kier alpha value is -1.28. The van der Waals surface area contributed by atoms with Crippen LogP contribution in [0.5, 0.6) is 0 Å². The number of thiazole rings is 1. The van der Waals surface area contributed by atoms with Crippen molar-refractivity contribution in [2.75, 3.05) is 6.54 Å². The van der Waals surface area contributed by atoms with Gasteiger partial charge in [-0.15, -0.1) is 11.3 Å². The molecule has 0 radical (unpaired) electrons. The number of hydrogen-bond acceptors (Lipinski definition) is 5. The van der Waals surface area contributed by atoms with Crippen molar-refractivity contribution in [3.63, 3.8) is 0 Å². The zero-order chi connectivity index (χ0) is 15.3. The summed E-state index contributed by atoms with van der Waals surface area (Å²) in [4.78, 5) is 5.08. The number of aromatic nitrogens is 1. The van der Waals surface area contributed by atoms with Crippen molar-refractivity contribution in [3.8, 4) is 0 Å². The summed E-state index contributed by atoms with van der Waals surface area (Å²) < 4.78 is 27.0. The molecule has 5 nitrogen and oxygen atoms in total. The van der Waals surface area contributed by atoms with Gasteiger partial charge in [0.15, 0.2) is 0 Å². The molecule has 1 unspecified atom stereocenters. The number of nitrogens with zero attached hydrogens (tertiary/aromatic N) is 1. The van der Waals surface area contributed by atoms with Crippen LogP contribution < -0.4 is 10.0 Å². The number of rotatable bonds is 7. The first-order chi connectivity index (χ1) is 10.0. The highest BCUT2D eigenvalue weighted by Gasteiger charge is 2.14. The van der Waals surface area contributed by atoms with Crippen molar-refractivity contribution in [1.29, 1.82) is 0 Å². The van der Waals surface area contributed by atoms with Crippen LogP contribution >= 0.6 is 11.3 Å². The molecule has 0 aliphatic heterocycles. The zero-order valence-corrected chi connectivity index (χ0v) is 13.7. The molecule has 2 N–H and O–H groups in total. The number of hydrogen-bond donors (Lipinski definition) is 2. The molecule has 0 amide bonds. The van der Waals surface area contributed by atoms with Gasteiger partial charge in [-0.3, -0.25) is 4.98 Å². The van der Waals surface area contributed by atoms with Crippen LogP contribution in [-0.4, -0.2) is 19.9 Å². The van der Waals surface area contributed by atoms with Crippen molar-refractivity contribution < 1.29 is 8.42 Å². The minimum atomic E-state index is -3.48. The number of benzene rings is 1. The smallest absolute Gasteiger partial charge is 0.240 e. The molecule has 1 heterocycles. The molecule has 1 aromatic carbocycles. The molecule has 2 aromatic rings. The summed E-state index contributed by atoms with van der Waals surface area (Å²) in [5.41, 5.74) is 2.75. The normalized spacial score (nSPS) is 13.2. The van der Waals surface area contributed by atoms with E-state index >= 15 is 0 Å². The molecule has 114 valence electrons. The highest BCUT2D eigenvalue weighted by atomic mass is 32.2. The average Bonchev–Trinajstić information content (AvgIpc) is 2.99. The van der Waals surface area contributed by atoms with E-state index in [-0.39, 0.29) is 17.5 Å². The van der Waals surface area contributed by atoms with Crippen molar-refractivity contribution in [1.82, 2.24) is 15.0 Å². The fourth-order valence-electron chi connectivity index (χ4n) is 1.94. The second-order valence-electron chi connectivity index (χ2n) is 4.64. The van der Waals surface area contributed by atoms with E-state index in [2.05, 4.69) is 21.9 Å². The van der Waals surface area contributed by atoms with Crippen molar-refractivity contribution in [2.45, 2.75) is 31.3 Å². The molecule has 0 aliphatic rings. The Kier molecular flexibility index (Phi) is 5.46. The first-order valence-corrected chi connectivity index (χ1v) is 9.09. The van der Waals surface area contributed by atoms with Gasteiger partial charge in [-0.25, -0.2) is 13.1 Å². The molecule has 0 saturated carbocycles. The van der Waals surface area contributed by atoms with Crippen molar-refractivity contribution >= 4 is 21.4 Å². The van der Waals surface area contributed by atoms with Crippen LogP contribution in [-0.2, 0) is 16.6 Å². The van der Waals surface area contributed by atoms with E-state index in [9.17, 15) is 8.42 Å². The lowest BCUT2D eigenvalue weighted by Gasteiger charge is -2.13. The van der Waals surface area contributed by atoms with E-state index in [4.69, 9.17) is 0 Å². The minimum Gasteiger partial charge on any atom is -0.310 e. The van der Waals surface area contributed by atoms with Gasteiger partial charge in [-0.1, -0.05) is 19.1 Å². The van der Waals surface area contributed by atoms with E-state index in [1.165, 1.54) is 11.3 Å². The average molecular weight is 325 g/mol. The van der Waals surface area contributed by atoms with E-state index in [1.807, 2.05) is 19.1 Å². The first kappa shape index (κ1) is 16.1. The van der Waals surface area contributed by atoms with Crippen LogP contribution in [0.25, 0.3) is 0 Å². The monoisotopic (exact) mass is 325 g/mol. The van der Waals surface area contributed by atoms with E-state index in [0.717, 1.165) is 17.0 Å². The predicted octanol–water partition coefficient (Wildman–Crippen LogP) is 2.29. The van der Waals surface area contributed by atoms with Gasteiger partial charge in [0.1, 0.15) is 0 Å². The van der Waals surface area contributed by atoms with Crippen LogP contribution in [0.1, 0.15) is 30.3 Å². The molecule has 2 rings (SSSR count). The molecule has 0 spiro atoms. The van der Waals surface area contributed by atoms with Gasteiger partial charge < -0.3 is 5.32 Å². The summed E-state index contributed by atoms with van der Waals surface area (Å²) >= 11 is 1.42. The van der Waals surface area contributed by atoms with Gasteiger partial charge in [-0.2, -0.15) is 0 Å². The van der Waals surface area contributed by atoms with Crippen LogP contribution in [0.2, 0.25) is 0 Å². The third kappa shape index (κ3) is 4.34. The molecule has 1 aromatic heterocycles. The number of nitrogens with one attached hydrogen (secondary N) is 2. The predicted molar refractivity (Wildman–Crippen MR) is 84.7 cm³/mol. The first-order valence-electron chi connectivity index (χ1n) is 6.73. The van der Waals surface area contributed by atoms with Crippen LogP contribution in [0.15, 0.2) is 40.9 Å². The van der Waals surface area contributed by atoms with Gasteiger partial charge in [0, 0.05) is 23.7 Å². The maximum absolute atomic E-state index is 12.2. The summed E-state index contributed by atoms with van der Waals surface area (Å²) in [7, 11) is -3.48. The quantitative estimate of drug-likeness (QED) is 0.819. The fraction of sp³-hybridized carbons (Fsp3) is 0.357. The van der Waals surface area contributed by atoms with Crippen LogP contribution in [0.3, 0.4) is 0 Å². The molecule has 7 heteroatoms. The summed E-state index contributed by atoms with van der Waals surface area (Å²) in [6.07, 6.45) is 1.66. The highest BCUT2D eigenvalue weighted by molar-refractivity contribution is 7.89. The summed E-state index contributed by atoms with van der Waals surface area (Å²) in [5.74, 6) is 0. The van der Waals surface area contributed by atoms with Crippen LogP contribution in [0, 0.1) is 0 Å². The van der Waals surface area contributed by atoms with E-state index < -0.39 is 10.0 Å². The van der Waals surface area contributed by atoms with Crippen molar-refractivity contribution in [2.24, 2.45) is 0 Å². The topological polar surface area (TPSA) is 71.1 Å². The van der Waals surface area contributed by atoms with E-state index in [0.29, 0.717) is 0 Å². The maximum atomic E-state index is 12.2.